The minimum atomic E-state index is 0.692. The fraction of sp³-hybridized carbons (Fsp3) is 0. The molecule has 0 aliphatic heterocycles. The van der Waals surface area contributed by atoms with Crippen LogP contribution in [0.4, 0.5) is 0 Å². The monoisotopic (exact) mass is 868 g/mol. The zero-order valence-electron chi connectivity index (χ0n) is 36.8. The lowest BCUT2D eigenvalue weighted by Gasteiger charge is -2.14. The lowest BCUT2D eigenvalue weighted by Crippen LogP contribution is -1.96. The molecule has 0 aliphatic rings. The largest absolute Gasteiger partial charge is 0.245 e. The summed E-state index contributed by atoms with van der Waals surface area (Å²) in [5, 5.41) is 2.01. The molecule has 318 valence electrons. The van der Waals surface area contributed by atoms with Crippen LogP contribution in [0.1, 0.15) is 0 Å². The molecule has 0 aliphatic carbocycles. The smallest absolute Gasteiger partial charge is 0.160 e. The first kappa shape index (κ1) is 40.3. The highest BCUT2D eigenvalue weighted by Gasteiger charge is 2.16. The van der Waals surface area contributed by atoms with Crippen molar-refractivity contribution < 1.29 is 0 Å². The fourth-order valence-corrected chi connectivity index (χ4v) is 9.00. The average Bonchev–Trinajstić information content (AvgIpc) is 3.43. The van der Waals surface area contributed by atoms with Crippen LogP contribution < -0.4 is 0 Å². The van der Waals surface area contributed by atoms with Gasteiger partial charge in [-0.15, -0.1) is 0 Å². The summed E-state index contributed by atoms with van der Waals surface area (Å²) in [6.07, 6.45) is 3.40. The quantitative estimate of drug-likeness (QED) is 0.144. The van der Waals surface area contributed by atoms with Crippen molar-refractivity contribution in [3.8, 4) is 101 Å². The van der Waals surface area contributed by atoms with Gasteiger partial charge in [0.25, 0.3) is 0 Å². The van der Waals surface area contributed by atoms with E-state index in [2.05, 4.69) is 193 Å². The Morgan fingerprint density at radius 3 is 1.15 bits per heavy atom. The van der Waals surface area contributed by atoms with Gasteiger partial charge in [0, 0.05) is 44.8 Å². The number of para-hydroxylation sites is 2. The van der Waals surface area contributed by atoms with Crippen molar-refractivity contribution in [2.75, 3.05) is 0 Å². The molecular weight excluding hydrogens is 829 g/mol. The summed E-state index contributed by atoms with van der Waals surface area (Å²) in [6, 6.07) is 80.1. The third-order valence-electron chi connectivity index (χ3n) is 12.5. The summed E-state index contributed by atoms with van der Waals surface area (Å²) in [4.78, 5) is 29.3. The van der Waals surface area contributed by atoms with Crippen molar-refractivity contribution in [1.82, 2.24) is 29.9 Å². The number of nitrogens with zero attached hydrogens (tertiary/aromatic N) is 6. The van der Waals surface area contributed by atoms with Crippen LogP contribution >= 0.6 is 0 Å². The van der Waals surface area contributed by atoms with E-state index >= 15 is 0 Å². The second-order valence-electron chi connectivity index (χ2n) is 16.7. The predicted molar refractivity (Wildman–Crippen MR) is 277 cm³/mol. The molecule has 0 atom stereocenters. The van der Waals surface area contributed by atoms with Gasteiger partial charge in [0.05, 0.1) is 28.1 Å². The highest BCUT2D eigenvalue weighted by Crippen LogP contribution is 2.38. The first-order valence-electron chi connectivity index (χ1n) is 22.7. The van der Waals surface area contributed by atoms with Crippen LogP contribution in [-0.4, -0.2) is 29.9 Å². The van der Waals surface area contributed by atoms with Gasteiger partial charge in [-0.1, -0.05) is 206 Å². The topological polar surface area (TPSA) is 77.3 Å². The molecule has 6 nitrogen and oxygen atoms in total. The van der Waals surface area contributed by atoms with Crippen LogP contribution in [-0.2, 0) is 0 Å². The number of hydrogen-bond donors (Lipinski definition) is 0. The molecule has 0 amide bonds. The van der Waals surface area contributed by atoms with Crippen LogP contribution in [0.3, 0.4) is 0 Å². The van der Waals surface area contributed by atoms with Gasteiger partial charge in [-0.25, -0.2) is 29.9 Å². The summed E-state index contributed by atoms with van der Waals surface area (Å²) in [5.74, 6) is 1.39. The molecule has 0 radical (unpaired) electrons. The van der Waals surface area contributed by atoms with Gasteiger partial charge in [-0.2, -0.15) is 0 Å². The molecule has 0 fully saturated rings. The molecule has 68 heavy (non-hydrogen) atoms. The highest BCUT2D eigenvalue weighted by molar-refractivity contribution is 5.96. The van der Waals surface area contributed by atoms with Crippen molar-refractivity contribution in [2.24, 2.45) is 0 Å². The van der Waals surface area contributed by atoms with Gasteiger partial charge in [-0.3, -0.25) is 0 Å². The van der Waals surface area contributed by atoms with Crippen molar-refractivity contribution in [3.63, 3.8) is 0 Å². The molecule has 0 spiro atoms. The van der Waals surface area contributed by atoms with Crippen molar-refractivity contribution in [2.45, 2.75) is 0 Å². The highest BCUT2D eigenvalue weighted by atomic mass is 14.9. The Hall–Kier alpha value is -9.26. The Kier molecular flexibility index (Phi) is 10.4. The van der Waals surface area contributed by atoms with E-state index in [4.69, 9.17) is 24.9 Å². The zero-order valence-corrected chi connectivity index (χ0v) is 36.8. The van der Waals surface area contributed by atoms with Crippen LogP contribution in [0.15, 0.2) is 243 Å². The molecule has 0 bridgehead atoms. The van der Waals surface area contributed by atoms with Crippen LogP contribution in [0.5, 0.6) is 0 Å². The average molecular weight is 869 g/mol. The van der Waals surface area contributed by atoms with Crippen molar-refractivity contribution in [1.29, 1.82) is 0 Å². The molecule has 0 saturated carbocycles. The molecule has 9 aromatic carbocycles. The third kappa shape index (κ3) is 7.86. The molecular formula is C62H40N6. The maximum absolute atomic E-state index is 5.19. The first-order chi connectivity index (χ1) is 33.7. The molecule has 6 heteroatoms. The summed E-state index contributed by atoms with van der Waals surface area (Å²) in [5.41, 5.74) is 18.4. The molecule has 0 N–H and O–H groups in total. The Morgan fingerprint density at radius 2 is 0.662 bits per heavy atom. The van der Waals surface area contributed by atoms with Gasteiger partial charge in [0.2, 0.25) is 0 Å². The molecule has 12 aromatic rings. The second-order valence-corrected chi connectivity index (χ2v) is 16.7. The van der Waals surface area contributed by atoms with E-state index in [0.717, 1.165) is 100 Å². The van der Waals surface area contributed by atoms with Gasteiger partial charge in [-0.05, 0) is 68.8 Å². The van der Waals surface area contributed by atoms with Gasteiger partial charge in [0.15, 0.2) is 11.6 Å². The van der Waals surface area contributed by atoms with Gasteiger partial charge >= 0.3 is 0 Å². The van der Waals surface area contributed by atoms with Crippen LogP contribution in [0.2, 0.25) is 0 Å². The van der Waals surface area contributed by atoms with Crippen molar-refractivity contribution >= 4 is 21.8 Å². The van der Waals surface area contributed by atoms with Crippen molar-refractivity contribution in [3.05, 3.63) is 243 Å². The minimum Gasteiger partial charge on any atom is -0.245 e. The van der Waals surface area contributed by atoms with E-state index in [1.807, 2.05) is 42.5 Å². The van der Waals surface area contributed by atoms with E-state index < -0.39 is 0 Å². The first-order valence-corrected chi connectivity index (χ1v) is 22.7. The molecule has 0 unspecified atom stereocenters. The number of rotatable bonds is 9. The van der Waals surface area contributed by atoms with E-state index in [9.17, 15) is 0 Å². The maximum atomic E-state index is 5.19. The Balaban J connectivity index is 0.864. The molecule has 12 rings (SSSR count). The van der Waals surface area contributed by atoms with Crippen LogP contribution in [0.25, 0.3) is 123 Å². The number of fused-ring (bicyclic) bond motifs is 2. The Bertz CT molecular complexity index is 3730. The van der Waals surface area contributed by atoms with E-state index in [1.165, 1.54) is 11.1 Å². The zero-order chi connectivity index (χ0) is 45.2. The number of hydrogen-bond acceptors (Lipinski definition) is 6. The standard InChI is InChI=1S/C62H40N6/c1-3-11-41(12-4-1)43-21-31-49(32-22-43)61-65-57-17-9-7-15-53(57)59(67-61)47-27-19-45(20-28-47)51-35-36-52(55(39-51)56-37-38-63-40-64-56)46-25-29-48(30-26-46)60-54-16-8-10-18-58(54)66-62(68-60)50-33-23-44(24-34-50)42-13-5-2-6-14-42/h1-40H. The summed E-state index contributed by atoms with van der Waals surface area (Å²) in [7, 11) is 0. The fourth-order valence-electron chi connectivity index (χ4n) is 9.00. The summed E-state index contributed by atoms with van der Waals surface area (Å²) >= 11 is 0. The summed E-state index contributed by atoms with van der Waals surface area (Å²) in [6.45, 7) is 0. The molecule has 3 heterocycles. The van der Waals surface area contributed by atoms with E-state index in [0.29, 0.717) is 11.6 Å². The Labute approximate surface area is 394 Å². The summed E-state index contributed by atoms with van der Waals surface area (Å²) < 4.78 is 0. The third-order valence-corrected chi connectivity index (χ3v) is 12.5. The predicted octanol–water partition coefficient (Wildman–Crippen LogP) is 15.4. The van der Waals surface area contributed by atoms with Gasteiger partial charge < -0.3 is 0 Å². The SMILES string of the molecule is c1ccc(-c2ccc(-c3nc(-c4ccc(-c5ccc(-c6ccc(-c7nc(-c8ccc(-c9ccccc9)cc8)nc8ccccc78)cc6)c(-c6ccncn6)c5)cc4)c4ccccc4n3)cc2)cc1. The normalized spacial score (nSPS) is 11.2. The number of aromatic nitrogens is 6. The second kappa shape index (κ2) is 17.6. The van der Waals surface area contributed by atoms with E-state index in [-0.39, 0.29) is 0 Å². The van der Waals surface area contributed by atoms with Gasteiger partial charge in [0.1, 0.15) is 6.33 Å². The number of benzene rings is 9. The maximum Gasteiger partial charge on any atom is 0.160 e. The minimum absolute atomic E-state index is 0.692. The molecule has 3 aromatic heterocycles. The van der Waals surface area contributed by atoms with Crippen LogP contribution in [0, 0.1) is 0 Å². The Morgan fingerprint density at radius 1 is 0.265 bits per heavy atom. The van der Waals surface area contributed by atoms with E-state index in [1.54, 1.807) is 12.5 Å². The lowest BCUT2D eigenvalue weighted by atomic mass is 9.92. The molecule has 0 saturated heterocycles. The lowest BCUT2D eigenvalue weighted by molar-refractivity contribution is 1.17.